The van der Waals surface area contributed by atoms with Crippen molar-refractivity contribution >= 4 is 11.7 Å². The van der Waals surface area contributed by atoms with Crippen LogP contribution in [0.25, 0.3) is 0 Å². The van der Waals surface area contributed by atoms with E-state index in [0.717, 1.165) is 36.9 Å². The van der Waals surface area contributed by atoms with Crippen LogP contribution in [0.5, 0.6) is 0 Å². The van der Waals surface area contributed by atoms with Crippen molar-refractivity contribution in [1.29, 1.82) is 0 Å². The highest BCUT2D eigenvalue weighted by Crippen LogP contribution is 2.56. The largest absolute Gasteiger partial charge is 0.313 e. The van der Waals surface area contributed by atoms with Crippen LogP contribution in [0.4, 0.5) is 23.4 Å². The molecule has 0 radical (unpaired) electrons. The third-order valence-corrected chi connectivity index (χ3v) is 5.56. The molecule has 2 aliphatic rings. The lowest BCUT2D eigenvalue weighted by molar-refractivity contribution is -0.313. The summed E-state index contributed by atoms with van der Waals surface area (Å²) in [6, 6.07) is 0. The molecule has 1 amide bonds. The van der Waals surface area contributed by atoms with E-state index in [4.69, 9.17) is 0 Å². The quantitative estimate of drug-likeness (QED) is 0.729. The molecule has 1 atom stereocenters. The normalized spacial score (nSPS) is 24.2. The van der Waals surface area contributed by atoms with Crippen molar-refractivity contribution in [2.75, 3.05) is 5.32 Å². The second-order valence-corrected chi connectivity index (χ2v) is 9.18. The molecule has 152 valence electrons. The van der Waals surface area contributed by atoms with E-state index >= 15 is 0 Å². The van der Waals surface area contributed by atoms with Crippen LogP contribution in [0, 0.1) is 11.3 Å². The van der Waals surface area contributed by atoms with Crippen LogP contribution in [-0.4, -0.2) is 27.5 Å². The van der Waals surface area contributed by atoms with Crippen molar-refractivity contribution in [2.45, 2.75) is 77.1 Å². The molecule has 0 unspecified atom stereocenters. The molecule has 1 aromatic heterocycles. The maximum absolute atomic E-state index is 13.5. The highest BCUT2D eigenvalue weighted by Gasteiger charge is 2.71. The summed E-state index contributed by atoms with van der Waals surface area (Å²) in [6.45, 7) is 6.30. The van der Waals surface area contributed by atoms with Gasteiger partial charge in [-0.15, -0.1) is 0 Å². The average molecular weight is 389 g/mol. The van der Waals surface area contributed by atoms with Gasteiger partial charge in [0.2, 0.25) is 5.91 Å². The van der Waals surface area contributed by atoms with Gasteiger partial charge in [-0.1, -0.05) is 27.2 Å². The Kier molecular flexibility index (Phi) is 4.84. The summed E-state index contributed by atoms with van der Waals surface area (Å²) in [4.78, 5) is 12.3. The zero-order valence-corrected chi connectivity index (χ0v) is 16.2. The summed E-state index contributed by atoms with van der Waals surface area (Å²) < 4.78 is 54.5. The van der Waals surface area contributed by atoms with Crippen LogP contribution >= 0.6 is 0 Å². The zero-order chi connectivity index (χ0) is 20.2. The SMILES string of the molecule is Cn1nc(CC(C)(C)C)c(C2CCC2)c1NC(=O)C[C@@H]1CC(F)(F)C1(F)F. The average Bonchev–Trinajstić information content (AvgIpc) is 2.71. The molecule has 8 heteroatoms. The number of carbonyl (C=O) groups excluding carboxylic acids is 1. The van der Waals surface area contributed by atoms with Crippen molar-refractivity contribution < 1.29 is 22.4 Å². The minimum Gasteiger partial charge on any atom is -0.311 e. The van der Waals surface area contributed by atoms with E-state index in [9.17, 15) is 22.4 Å². The van der Waals surface area contributed by atoms with Crippen molar-refractivity contribution in [1.82, 2.24) is 9.78 Å². The van der Waals surface area contributed by atoms with Gasteiger partial charge < -0.3 is 5.32 Å². The van der Waals surface area contributed by atoms with Gasteiger partial charge in [0.1, 0.15) is 5.82 Å². The fourth-order valence-corrected chi connectivity index (χ4v) is 3.85. The first kappa shape index (κ1) is 20.1. The van der Waals surface area contributed by atoms with E-state index in [0.29, 0.717) is 11.7 Å². The minimum absolute atomic E-state index is 0.00764. The molecule has 0 bridgehead atoms. The predicted molar refractivity (Wildman–Crippen MR) is 94.2 cm³/mol. The summed E-state index contributed by atoms with van der Waals surface area (Å²) in [6.07, 6.45) is 2.26. The van der Waals surface area contributed by atoms with Crippen molar-refractivity contribution in [3.8, 4) is 0 Å². The van der Waals surface area contributed by atoms with Crippen LogP contribution < -0.4 is 5.32 Å². The number of rotatable bonds is 5. The molecule has 1 N–H and O–H groups in total. The Morgan fingerprint density at radius 2 is 1.89 bits per heavy atom. The van der Waals surface area contributed by atoms with Crippen molar-refractivity contribution in [3.05, 3.63) is 11.3 Å². The molecule has 3 rings (SSSR count). The third-order valence-electron chi connectivity index (χ3n) is 5.56. The van der Waals surface area contributed by atoms with Gasteiger partial charge >= 0.3 is 11.8 Å². The lowest BCUT2D eigenvalue weighted by Crippen LogP contribution is -2.59. The van der Waals surface area contributed by atoms with Crippen LogP contribution in [0.2, 0.25) is 0 Å². The Balaban J connectivity index is 1.77. The number of aromatic nitrogens is 2. The van der Waals surface area contributed by atoms with E-state index in [2.05, 4.69) is 31.2 Å². The number of hydrogen-bond donors (Lipinski definition) is 1. The van der Waals surface area contributed by atoms with Crippen LogP contribution in [0.15, 0.2) is 0 Å². The number of anilines is 1. The van der Waals surface area contributed by atoms with E-state index in [1.165, 1.54) is 0 Å². The maximum Gasteiger partial charge on any atom is 0.313 e. The van der Waals surface area contributed by atoms with Crippen LogP contribution in [0.3, 0.4) is 0 Å². The monoisotopic (exact) mass is 389 g/mol. The summed E-state index contributed by atoms with van der Waals surface area (Å²) >= 11 is 0. The molecular weight excluding hydrogens is 362 g/mol. The number of halogens is 4. The molecule has 0 saturated heterocycles. The topological polar surface area (TPSA) is 46.9 Å². The number of nitrogens with zero attached hydrogens (tertiary/aromatic N) is 2. The summed E-state index contributed by atoms with van der Waals surface area (Å²) in [5.41, 5.74) is 1.89. The highest BCUT2D eigenvalue weighted by atomic mass is 19.3. The van der Waals surface area contributed by atoms with Crippen LogP contribution in [0.1, 0.15) is 70.1 Å². The van der Waals surface area contributed by atoms with Crippen molar-refractivity contribution in [3.63, 3.8) is 0 Å². The minimum atomic E-state index is -4.12. The standard InChI is InChI=1S/C19H27F4N3O/c1-17(2,3)10-13-15(11-6-5-7-11)16(26(4)25-13)24-14(27)8-12-9-18(20,21)19(12,22)23/h11-12H,5-10H2,1-4H3,(H,24,27)/t12-/m1/s1. The lowest BCUT2D eigenvalue weighted by Gasteiger charge is -2.43. The zero-order valence-electron chi connectivity index (χ0n) is 16.2. The highest BCUT2D eigenvalue weighted by molar-refractivity contribution is 5.91. The Morgan fingerprint density at radius 1 is 1.26 bits per heavy atom. The van der Waals surface area contributed by atoms with Gasteiger partial charge in [-0.2, -0.15) is 22.7 Å². The molecule has 2 saturated carbocycles. The van der Waals surface area contributed by atoms with Crippen molar-refractivity contribution in [2.24, 2.45) is 18.4 Å². The number of alkyl halides is 4. The first-order chi connectivity index (χ1) is 12.3. The van der Waals surface area contributed by atoms with Gasteiger partial charge in [-0.25, -0.2) is 0 Å². The summed E-state index contributed by atoms with van der Waals surface area (Å²) in [5, 5.41) is 7.23. The lowest BCUT2D eigenvalue weighted by atomic mass is 9.74. The van der Waals surface area contributed by atoms with Gasteiger partial charge in [0, 0.05) is 31.4 Å². The fraction of sp³-hybridized carbons (Fsp3) is 0.789. The Hall–Kier alpha value is -1.60. The van der Waals surface area contributed by atoms with Gasteiger partial charge in [0.05, 0.1) is 5.69 Å². The molecule has 1 aromatic rings. The molecule has 0 aliphatic heterocycles. The molecule has 1 heterocycles. The van der Waals surface area contributed by atoms with E-state index in [-0.39, 0.29) is 5.41 Å². The molecular formula is C19H27F4N3O. The second kappa shape index (κ2) is 6.48. The first-order valence-corrected chi connectivity index (χ1v) is 9.43. The first-order valence-electron chi connectivity index (χ1n) is 9.43. The molecule has 2 fully saturated rings. The third kappa shape index (κ3) is 3.72. The molecule has 2 aliphatic carbocycles. The maximum atomic E-state index is 13.5. The second-order valence-electron chi connectivity index (χ2n) is 9.18. The van der Waals surface area contributed by atoms with Crippen LogP contribution in [-0.2, 0) is 18.3 Å². The molecule has 27 heavy (non-hydrogen) atoms. The molecule has 0 spiro atoms. The predicted octanol–water partition coefficient (Wildman–Crippen LogP) is 4.90. The number of nitrogens with one attached hydrogen (secondary N) is 1. The Bertz CT molecular complexity index is 732. The molecule has 0 aromatic carbocycles. The van der Waals surface area contributed by atoms with E-state index < -0.39 is 36.5 Å². The number of amides is 1. The van der Waals surface area contributed by atoms with Gasteiger partial charge in [0.15, 0.2) is 0 Å². The molecule has 4 nitrogen and oxygen atoms in total. The number of carbonyl (C=O) groups is 1. The summed E-state index contributed by atoms with van der Waals surface area (Å²) in [5.74, 6) is -9.62. The Labute approximate surface area is 156 Å². The smallest absolute Gasteiger partial charge is 0.311 e. The summed E-state index contributed by atoms with van der Waals surface area (Å²) in [7, 11) is 1.70. The number of hydrogen-bond acceptors (Lipinski definition) is 2. The van der Waals surface area contributed by atoms with E-state index in [1.54, 1.807) is 11.7 Å². The fourth-order valence-electron chi connectivity index (χ4n) is 3.85. The van der Waals surface area contributed by atoms with Gasteiger partial charge in [-0.3, -0.25) is 9.48 Å². The number of aryl methyl sites for hydroxylation is 1. The van der Waals surface area contributed by atoms with E-state index in [1.807, 2.05) is 0 Å². The Morgan fingerprint density at radius 3 is 2.33 bits per heavy atom. The van der Waals surface area contributed by atoms with Gasteiger partial charge in [-0.05, 0) is 30.6 Å². The van der Waals surface area contributed by atoms with Gasteiger partial charge in [0.25, 0.3) is 0 Å².